The number of aryl methyl sites for hydroxylation is 2. The molecule has 1 amide bonds. The molecule has 28 heavy (non-hydrogen) atoms. The van der Waals surface area contributed by atoms with Crippen LogP contribution in [0.1, 0.15) is 16.7 Å². The number of benzene rings is 2. The number of amides is 1. The molecule has 1 saturated heterocycles. The Balaban J connectivity index is 1.91. The molecule has 0 atom stereocenters. The first-order valence-electron chi connectivity index (χ1n) is 8.57. The standard InChI is InChI=1S/C20H20N4O3S/c1-12-5-6-13(2)15(9-12)21-20-22-19(25)18(28-20)11-14-7-8-16(23(3)4)17(10-14)24(26)27/h5-11H,1-4H3,(H,21,22,25)/b18-11+. The molecule has 1 fully saturated rings. The maximum absolute atomic E-state index is 12.3. The van der Waals surface area contributed by atoms with E-state index in [9.17, 15) is 14.9 Å². The molecule has 144 valence electrons. The molecule has 0 aliphatic carbocycles. The van der Waals surface area contributed by atoms with E-state index in [0.29, 0.717) is 21.3 Å². The van der Waals surface area contributed by atoms with Gasteiger partial charge in [0.25, 0.3) is 11.6 Å². The summed E-state index contributed by atoms with van der Waals surface area (Å²) in [7, 11) is 3.49. The van der Waals surface area contributed by atoms with Crippen molar-refractivity contribution in [2.75, 3.05) is 19.0 Å². The molecular weight excluding hydrogens is 376 g/mol. The summed E-state index contributed by atoms with van der Waals surface area (Å²) in [6.07, 6.45) is 1.64. The molecular formula is C20H20N4O3S. The lowest BCUT2D eigenvalue weighted by molar-refractivity contribution is -0.384. The lowest BCUT2D eigenvalue weighted by Crippen LogP contribution is -2.19. The van der Waals surface area contributed by atoms with E-state index in [1.54, 1.807) is 37.2 Å². The Kier molecular flexibility index (Phi) is 5.51. The number of nitrogens with one attached hydrogen (secondary N) is 1. The molecule has 2 aromatic carbocycles. The van der Waals surface area contributed by atoms with Crippen molar-refractivity contribution in [2.24, 2.45) is 4.99 Å². The highest BCUT2D eigenvalue weighted by Crippen LogP contribution is 2.32. The second-order valence-corrected chi connectivity index (χ2v) is 7.70. The van der Waals surface area contributed by atoms with Gasteiger partial charge in [-0.2, -0.15) is 0 Å². The Morgan fingerprint density at radius 3 is 2.61 bits per heavy atom. The van der Waals surface area contributed by atoms with Gasteiger partial charge in [0.2, 0.25) is 0 Å². The summed E-state index contributed by atoms with van der Waals surface area (Å²) < 4.78 is 0. The van der Waals surface area contributed by atoms with Crippen molar-refractivity contribution in [1.29, 1.82) is 0 Å². The first-order chi connectivity index (χ1) is 13.2. The van der Waals surface area contributed by atoms with Crippen LogP contribution in [-0.4, -0.2) is 30.1 Å². The van der Waals surface area contributed by atoms with Crippen LogP contribution >= 0.6 is 11.8 Å². The van der Waals surface area contributed by atoms with Gasteiger partial charge in [-0.05, 0) is 60.5 Å². The van der Waals surface area contributed by atoms with Crippen LogP contribution in [0.25, 0.3) is 6.08 Å². The van der Waals surface area contributed by atoms with E-state index >= 15 is 0 Å². The number of nitro groups is 1. The summed E-state index contributed by atoms with van der Waals surface area (Å²) in [5.41, 5.74) is 3.99. The summed E-state index contributed by atoms with van der Waals surface area (Å²) in [6.45, 7) is 3.95. The number of hydrogen-bond donors (Lipinski definition) is 1. The van der Waals surface area contributed by atoms with Crippen molar-refractivity contribution in [2.45, 2.75) is 13.8 Å². The molecule has 0 radical (unpaired) electrons. The monoisotopic (exact) mass is 396 g/mol. The average Bonchev–Trinajstić information content (AvgIpc) is 2.97. The number of hydrogen-bond acceptors (Lipinski definition) is 6. The highest BCUT2D eigenvalue weighted by atomic mass is 32.2. The maximum atomic E-state index is 12.3. The van der Waals surface area contributed by atoms with Gasteiger partial charge in [-0.3, -0.25) is 14.9 Å². The van der Waals surface area contributed by atoms with Crippen molar-refractivity contribution in [3.63, 3.8) is 0 Å². The largest absolute Gasteiger partial charge is 0.372 e. The lowest BCUT2D eigenvalue weighted by atomic mass is 10.1. The predicted molar refractivity (Wildman–Crippen MR) is 114 cm³/mol. The highest BCUT2D eigenvalue weighted by molar-refractivity contribution is 8.18. The third-order valence-corrected chi connectivity index (χ3v) is 5.12. The van der Waals surface area contributed by atoms with Gasteiger partial charge in [0.05, 0.1) is 15.5 Å². The van der Waals surface area contributed by atoms with E-state index < -0.39 is 4.92 Å². The third-order valence-electron chi connectivity index (χ3n) is 4.21. The van der Waals surface area contributed by atoms with Gasteiger partial charge in [-0.25, -0.2) is 4.99 Å². The summed E-state index contributed by atoms with van der Waals surface area (Å²) in [5, 5.41) is 14.6. The topological polar surface area (TPSA) is 87.8 Å². The van der Waals surface area contributed by atoms with Crippen molar-refractivity contribution in [1.82, 2.24) is 5.32 Å². The molecule has 0 spiro atoms. The molecule has 0 saturated carbocycles. The molecule has 1 aliphatic rings. The number of anilines is 1. The maximum Gasteiger partial charge on any atom is 0.293 e. The van der Waals surface area contributed by atoms with Crippen LogP contribution < -0.4 is 10.2 Å². The van der Waals surface area contributed by atoms with Gasteiger partial charge in [0.1, 0.15) is 5.69 Å². The van der Waals surface area contributed by atoms with Crippen LogP contribution in [0, 0.1) is 24.0 Å². The van der Waals surface area contributed by atoms with E-state index in [0.717, 1.165) is 16.8 Å². The normalized spacial score (nSPS) is 16.5. The minimum Gasteiger partial charge on any atom is -0.372 e. The second-order valence-electron chi connectivity index (χ2n) is 6.67. The van der Waals surface area contributed by atoms with Crippen molar-refractivity contribution in [3.8, 4) is 0 Å². The zero-order valence-corrected chi connectivity index (χ0v) is 16.8. The summed E-state index contributed by atoms with van der Waals surface area (Å²) in [6, 6.07) is 10.8. The number of carbonyl (C=O) groups is 1. The van der Waals surface area contributed by atoms with Crippen molar-refractivity contribution >= 4 is 46.0 Å². The molecule has 7 nitrogen and oxygen atoms in total. The van der Waals surface area contributed by atoms with Gasteiger partial charge < -0.3 is 10.2 Å². The van der Waals surface area contributed by atoms with Gasteiger partial charge in [0.15, 0.2) is 5.17 Å². The van der Waals surface area contributed by atoms with Crippen LogP contribution in [0.2, 0.25) is 0 Å². The van der Waals surface area contributed by atoms with E-state index in [1.807, 2.05) is 32.0 Å². The van der Waals surface area contributed by atoms with Crippen molar-refractivity contribution < 1.29 is 9.72 Å². The number of carbonyl (C=O) groups excluding carboxylic acids is 1. The smallest absolute Gasteiger partial charge is 0.293 e. The quantitative estimate of drug-likeness (QED) is 0.476. The Morgan fingerprint density at radius 1 is 1.18 bits per heavy atom. The fourth-order valence-electron chi connectivity index (χ4n) is 2.74. The zero-order chi connectivity index (χ0) is 20.4. The number of nitrogens with zero attached hydrogens (tertiary/aromatic N) is 3. The van der Waals surface area contributed by atoms with Crippen LogP contribution in [0.4, 0.5) is 17.1 Å². The molecule has 0 bridgehead atoms. The molecule has 2 aromatic rings. The van der Waals surface area contributed by atoms with Gasteiger partial charge in [0, 0.05) is 20.2 Å². The van der Waals surface area contributed by atoms with E-state index in [1.165, 1.54) is 17.8 Å². The molecule has 0 unspecified atom stereocenters. The SMILES string of the molecule is Cc1ccc(C)c(N=C2NC(=O)/C(=C\c3ccc(N(C)C)c([N+](=O)[O-])c3)S2)c1. The fraction of sp³-hybridized carbons (Fsp3) is 0.200. The first-order valence-corrected chi connectivity index (χ1v) is 9.39. The third kappa shape index (κ3) is 4.23. The minimum atomic E-state index is -0.424. The molecule has 1 heterocycles. The van der Waals surface area contributed by atoms with Crippen LogP contribution in [-0.2, 0) is 4.79 Å². The Bertz CT molecular complexity index is 1030. The molecule has 1 aliphatic heterocycles. The number of amidine groups is 1. The summed E-state index contributed by atoms with van der Waals surface area (Å²) >= 11 is 1.22. The Morgan fingerprint density at radius 2 is 1.93 bits per heavy atom. The fourth-order valence-corrected chi connectivity index (χ4v) is 3.57. The van der Waals surface area contributed by atoms with E-state index in [-0.39, 0.29) is 11.6 Å². The minimum absolute atomic E-state index is 0.00738. The van der Waals surface area contributed by atoms with Crippen LogP contribution in [0.3, 0.4) is 0 Å². The number of rotatable bonds is 4. The van der Waals surface area contributed by atoms with Crippen LogP contribution in [0.15, 0.2) is 46.3 Å². The lowest BCUT2D eigenvalue weighted by Gasteiger charge is -2.12. The Labute approximate surface area is 167 Å². The predicted octanol–water partition coefficient (Wildman–Crippen LogP) is 4.17. The molecule has 3 rings (SSSR count). The average molecular weight is 396 g/mol. The second kappa shape index (κ2) is 7.85. The summed E-state index contributed by atoms with van der Waals surface area (Å²) in [4.78, 5) is 29.9. The number of thioether (sulfide) groups is 1. The first kappa shape index (κ1) is 19.6. The molecule has 0 aromatic heterocycles. The van der Waals surface area contributed by atoms with Crippen LogP contribution in [0.5, 0.6) is 0 Å². The van der Waals surface area contributed by atoms with E-state index in [2.05, 4.69) is 10.3 Å². The van der Waals surface area contributed by atoms with E-state index in [4.69, 9.17) is 0 Å². The highest BCUT2D eigenvalue weighted by Gasteiger charge is 2.24. The number of aliphatic imine (C=N–C) groups is 1. The number of nitro benzene ring substituents is 1. The molecule has 1 N–H and O–H groups in total. The zero-order valence-electron chi connectivity index (χ0n) is 16.0. The Hall–Kier alpha value is -3.13. The van der Waals surface area contributed by atoms with Gasteiger partial charge in [-0.1, -0.05) is 18.2 Å². The molecule has 8 heteroatoms. The van der Waals surface area contributed by atoms with Gasteiger partial charge >= 0.3 is 0 Å². The van der Waals surface area contributed by atoms with Crippen molar-refractivity contribution in [3.05, 3.63) is 68.1 Å². The van der Waals surface area contributed by atoms with Gasteiger partial charge in [-0.15, -0.1) is 0 Å². The summed E-state index contributed by atoms with van der Waals surface area (Å²) in [5.74, 6) is -0.270.